The normalized spacial score (nSPS) is 16.5. The van der Waals surface area contributed by atoms with Crippen molar-refractivity contribution in [1.29, 1.82) is 0 Å². The third-order valence-corrected chi connectivity index (χ3v) is 3.99. The van der Waals surface area contributed by atoms with E-state index in [2.05, 4.69) is 29.2 Å². The number of piperazine rings is 1. The van der Waals surface area contributed by atoms with Crippen LogP contribution in [0.5, 0.6) is 0 Å². The summed E-state index contributed by atoms with van der Waals surface area (Å²) in [5.74, 6) is 0.811. The highest BCUT2D eigenvalue weighted by molar-refractivity contribution is 6.17. The number of nitrogens with zero attached hydrogens (tertiary/aromatic N) is 2. The van der Waals surface area contributed by atoms with E-state index < -0.39 is 0 Å². The summed E-state index contributed by atoms with van der Waals surface area (Å²) < 4.78 is 0. The predicted molar refractivity (Wildman–Crippen MR) is 88.5 cm³/mol. The van der Waals surface area contributed by atoms with Gasteiger partial charge in [0.05, 0.1) is 0 Å². The summed E-state index contributed by atoms with van der Waals surface area (Å²) in [6.45, 7) is 4.51. The number of carbonyl (C=O) groups is 1. The molecule has 1 aromatic rings. The maximum atomic E-state index is 11.9. The van der Waals surface area contributed by atoms with E-state index in [0.29, 0.717) is 12.3 Å². The molecule has 1 saturated heterocycles. The van der Waals surface area contributed by atoms with Crippen LogP contribution in [0, 0.1) is 0 Å². The van der Waals surface area contributed by atoms with E-state index in [1.807, 2.05) is 23.1 Å². The van der Waals surface area contributed by atoms with E-state index in [1.54, 1.807) is 0 Å². The first-order chi connectivity index (χ1) is 10.3. The van der Waals surface area contributed by atoms with Gasteiger partial charge < -0.3 is 4.90 Å². The molecule has 0 saturated carbocycles. The van der Waals surface area contributed by atoms with E-state index in [1.165, 1.54) is 5.56 Å². The molecule has 0 unspecified atom stereocenters. The average molecular weight is 307 g/mol. The Bertz CT molecular complexity index is 453. The minimum Gasteiger partial charge on any atom is -0.340 e. The largest absolute Gasteiger partial charge is 0.340 e. The SMILES string of the molecule is O=C(CCCCl)N1CCN(C/C=C/c2ccccc2)CC1. The summed E-state index contributed by atoms with van der Waals surface area (Å²) in [4.78, 5) is 16.2. The second-order valence-corrected chi connectivity index (χ2v) is 5.66. The molecule has 0 aromatic heterocycles. The van der Waals surface area contributed by atoms with Gasteiger partial charge in [-0.3, -0.25) is 9.69 Å². The highest BCUT2D eigenvalue weighted by atomic mass is 35.5. The summed E-state index contributed by atoms with van der Waals surface area (Å²) in [6.07, 6.45) is 5.70. The Hall–Kier alpha value is -1.32. The molecule has 0 radical (unpaired) electrons. The average Bonchev–Trinajstić information content (AvgIpc) is 2.54. The number of hydrogen-bond donors (Lipinski definition) is 0. The predicted octanol–water partition coefficient (Wildman–Crippen LogP) is 2.86. The van der Waals surface area contributed by atoms with Gasteiger partial charge in [0.25, 0.3) is 0 Å². The Labute approximate surface area is 132 Å². The third kappa shape index (κ3) is 5.52. The smallest absolute Gasteiger partial charge is 0.222 e. The Balaban J connectivity index is 1.69. The van der Waals surface area contributed by atoms with Gasteiger partial charge >= 0.3 is 0 Å². The van der Waals surface area contributed by atoms with Crippen molar-refractivity contribution in [2.75, 3.05) is 38.6 Å². The molecule has 2 rings (SSSR count). The van der Waals surface area contributed by atoms with Crippen molar-refractivity contribution in [3.05, 3.63) is 42.0 Å². The van der Waals surface area contributed by atoms with E-state index in [9.17, 15) is 4.79 Å². The van der Waals surface area contributed by atoms with Crippen LogP contribution in [0.25, 0.3) is 6.08 Å². The molecular formula is C17H23ClN2O. The zero-order chi connectivity index (χ0) is 14.9. The Morgan fingerprint density at radius 3 is 2.52 bits per heavy atom. The number of amides is 1. The maximum Gasteiger partial charge on any atom is 0.222 e. The maximum absolute atomic E-state index is 11.9. The first kappa shape index (κ1) is 16.1. The molecule has 3 nitrogen and oxygen atoms in total. The molecule has 1 fully saturated rings. The molecular weight excluding hydrogens is 284 g/mol. The molecule has 0 spiro atoms. The molecule has 4 heteroatoms. The standard InChI is InChI=1S/C17H23ClN2O/c18-10-4-9-17(21)20-14-12-19(13-15-20)11-5-8-16-6-2-1-3-7-16/h1-3,5-8H,4,9-15H2/b8-5+. The number of carbonyl (C=O) groups excluding carboxylic acids is 1. The monoisotopic (exact) mass is 306 g/mol. The van der Waals surface area contributed by atoms with Gasteiger partial charge in [-0.1, -0.05) is 42.5 Å². The second kappa shape index (κ2) is 8.85. The van der Waals surface area contributed by atoms with Gasteiger partial charge in [0, 0.05) is 45.0 Å². The van der Waals surface area contributed by atoms with Crippen LogP contribution >= 0.6 is 11.6 Å². The van der Waals surface area contributed by atoms with Crippen LogP contribution in [-0.4, -0.2) is 54.3 Å². The summed E-state index contributed by atoms with van der Waals surface area (Å²) >= 11 is 5.63. The topological polar surface area (TPSA) is 23.6 Å². The van der Waals surface area contributed by atoms with Crippen molar-refractivity contribution in [3.8, 4) is 0 Å². The van der Waals surface area contributed by atoms with Crippen LogP contribution in [0.3, 0.4) is 0 Å². The second-order valence-electron chi connectivity index (χ2n) is 5.29. The van der Waals surface area contributed by atoms with E-state index in [-0.39, 0.29) is 5.91 Å². The number of halogens is 1. The van der Waals surface area contributed by atoms with Gasteiger partial charge in [-0.05, 0) is 12.0 Å². The summed E-state index contributed by atoms with van der Waals surface area (Å²) in [6, 6.07) is 10.3. The first-order valence-electron chi connectivity index (χ1n) is 7.57. The van der Waals surface area contributed by atoms with Crippen LogP contribution in [0.4, 0.5) is 0 Å². The summed E-state index contributed by atoms with van der Waals surface area (Å²) in [5.41, 5.74) is 1.23. The molecule has 21 heavy (non-hydrogen) atoms. The first-order valence-corrected chi connectivity index (χ1v) is 8.11. The van der Waals surface area contributed by atoms with Crippen LogP contribution < -0.4 is 0 Å². The van der Waals surface area contributed by atoms with Crippen molar-refractivity contribution in [2.24, 2.45) is 0 Å². The molecule has 114 valence electrons. The number of benzene rings is 1. The minimum absolute atomic E-state index is 0.245. The van der Waals surface area contributed by atoms with Crippen molar-refractivity contribution < 1.29 is 4.79 Å². The fraction of sp³-hybridized carbons (Fsp3) is 0.471. The highest BCUT2D eigenvalue weighted by Gasteiger charge is 2.19. The Morgan fingerprint density at radius 2 is 1.86 bits per heavy atom. The Kier molecular flexibility index (Phi) is 6.77. The molecule has 0 aliphatic carbocycles. The van der Waals surface area contributed by atoms with Crippen LogP contribution in [0.1, 0.15) is 18.4 Å². The van der Waals surface area contributed by atoms with Gasteiger partial charge in [-0.2, -0.15) is 0 Å². The summed E-state index contributed by atoms with van der Waals surface area (Å²) in [5, 5.41) is 0. The van der Waals surface area contributed by atoms with Gasteiger partial charge in [0.15, 0.2) is 0 Å². The van der Waals surface area contributed by atoms with E-state index in [0.717, 1.165) is 39.1 Å². The van der Waals surface area contributed by atoms with Crippen molar-refractivity contribution in [2.45, 2.75) is 12.8 Å². The van der Waals surface area contributed by atoms with Gasteiger partial charge in [-0.25, -0.2) is 0 Å². The highest BCUT2D eigenvalue weighted by Crippen LogP contribution is 2.07. The van der Waals surface area contributed by atoms with Gasteiger partial charge in [0.1, 0.15) is 0 Å². The third-order valence-electron chi connectivity index (χ3n) is 3.72. The fourth-order valence-electron chi connectivity index (χ4n) is 2.46. The lowest BCUT2D eigenvalue weighted by Crippen LogP contribution is -2.48. The van der Waals surface area contributed by atoms with Crippen molar-refractivity contribution in [3.63, 3.8) is 0 Å². The number of rotatable bonds is 6. The molecule has 1 aliphatic heterocycles. The zero-order valence-electron chi connectivity index (χ0n) is 12.4. The van der Waals surface area contributed by atoms with Gasteiger partial charge in [-0.15, -0.1) is 11.6 Å². The molecule has 0 N–H and O–H groups in total. The quantitative estimate of drug-likeness (QED) is 0.755. The van der Waals surface area contributed by atoms with Crippen molar-refractivity contribution >= 4 is 23.6 Å². The van der Waals surface area contributed by atoms with E-state index in [4.69, 9.17) is 11.6 Å². The molecule has 1 heterocycles. The van der Waals surface area contributed by atoms with E-state index >= 15 is 0 Å². The molecule has 0 atom stereocenters. The van der Waals surface area contributed by atoms with Crippen molar-refractivity contribution in [1.82, 2.24) is 9.80 Å². The molecule has 1 aliphatic rings. The minimum atomic E-state index is 0.245. The lowest BCUT2D eigenvalue weighted by Gasteiger charge is -2.34. The zero-order valence-corrected chi connectivity index (χ0v) is 13.1. The molecule has 1 aromatic carbocycles. The summed E-state index contributed by atoms with van der Waals surface area (Å²) in [7, 11) is 0. The number of alkyl halides is 1. The fourth-order valence-corrected chi connectivity index (χ4v) is 2.59. The van der Waals surface area contributed by atoms with Gasteiger partial charge in [0.2, 0.25) is 5.91 Å². The Morgan fingerprint density at radius 1 is 1.14 bits per heavy atom. The molecule has 1 amide bonds. The number of hydrogen-bond acceptors (Lipinski definition) is 2. The lowest BCUT2D eigenvalue weighted by molar-refractivity contribution is -0.132. The van der Waals surface area contributed by atoms with Crippen LogP contribution in [-0.2, 0) is 4.79 Å². The molecule has 0 bridgehead atoms. The lowest BCUT2D eigenvalue weighted by atomic mass is 10.2. The van der Waals surface area contributed by atoms with Crippen LogP contribution in [0.2, 0.25) is 0 Å². The van der Waals surface area contributed by atoms with Crippen LogP contribution in [0.15, 0.2) is 36.4 Å².